The fourth-order valence-electron chi connectivity index (χ4n) is 6.84. The summed E-state index contributed by atoms with van der Waals surface area (Å²) in [6.45, 7) is 8.88. The number of hydrogen-bond acceptors (Lipinski definition) is 9. The Bertz CT molecular complexity index is 1560. The summed E-state index contributed by atoms with van der Waals surface area (Å²) in [5.74, 6) is 0.877. The van der Waals surface area contributed by atoms with Crippen molar-refractivity contribution in [3.8, 4) is 5.75 Å². The Morgan fingerprint density at radius 1 is 1.15 bits per heavy atom. The lowest BCUT2D eigenvalue weighted by molar-refractivity contribution is 0.0991. The van der Waals surface area contributed by atoms with Gasteiger partial charge >= 0.3 is 0 Å². The molecule has 0 unspecified atom stereocenters. The molecule has 11 heteroatoms. The fourth-order valence-corrected chi connectivity index (χ4v) is 7.16. The number of carbonyl (C=O) groups excluding carboxylic acids is 1. The molecule has 1 atom stereocenters. The number of rotatable bonds is 5. The molecular weight excluding hydrogens is 530 g/mol. The van der Waals surface area contributed by atoms with E-state index < -0.39 is 0 Å². The first-order valence-corrected chi connectivity index (χ1v) is 14.6. The summed E-state index contributed by atoms with van der Waals surface area (Å²) in [5.41, 5.74) is 2.80. The lowest BCUT2D eigenvalue weighted by Gasteiger charge is -2.49. The van der Waals surface area contributed by atoms with E-state index in [1.165, 1.54) is 6.92 Å². The predicted molar refractivity (Wildman–Crippen MR) is 156 cm³/mol. The number of piperazine rings is 1. The van der Waals surface area contributed by atoms with Gasteiger partial charge in [0.25, 0.3) is 5.56 Å². The number of aryl methyl sites for hydroxylation is 1. The molecular formula is C29H34ClN7O3. The molecule has 7 rings (SSSR count). The molecule has 3 aliphatic heterocycles. The number of halogens is 1. The number of ketones is 1. The van der Waals surface area contributed by atoms with Crippen molar-refractivity contribution in [2.24, 2.45) is 0 Å². The first kappa shape index (κ1) is 25.7. The number of nitrogens with one attached hydrogen (secondary N) is 2. The Hall–Kier alpha value is -3.21. The molecule has 3 fully saturated rings. The van der Waals surface area contributed by atoms with E-state index >= 15 is 0 Å². The standard InChI is InChI=1S/C29H34ClN7O3/c1-16-22-13-32-29(34-27(22)37(19-5-3-4-6-19)28(39)25(16)17(2)38)33-18-9-23(30)26-24(10-18)40-15-21-14-35(7-8-36(21)26)20-11-31-12-20/h9-10,13,19-21,31H,3-8,11-12,14-15H2,1-2H3,(H,32,33,34)/t21-/m0/s1. The Morgan fingerprint density at radius 3 is 2.67 bits per heavy atom. The largest absolute Gasteiger partial charge is 0.489 e. The number of pyridine rings is 1. The molecule has 10 nitrogen and oxygen atoms in total. The summed E-state index contributed by atoms with van der Waals surface area (Å²) >= 11 is 6.86. The van der Waals surface area contributed by atoms with Gasteiger partial charge in [-0.05, 0) is 38.3 Å². The molecule has 210 valence electrons. The number of anilines is 3. The summed E-state index contributed by atoms with van der Waals surface area (Å²) in [6.07, 6.45) is 5.60. The van der Waals surface area contributed by atoms with Crippen molar-refractivity contribution in [1.29, 1.82) is 0 Å². The van der Waals surface area contributed by atoms with Gasteiger partial charge in [0.1, 0.15) is 18.0 Å². The monoisotopic (exact) mass is 563 g/mol. The summed E-state index contributed by atoms with van der Waals surface area (Å²) in [4.78, 5) is 40.2. The lowest BCUT2D eigenvalue weighted by Crippen LogP contribution is -2.65. The van der Waals surface area contributed by atoms with Crippen LogP contribution in [0.25, 0.3) is 11.0 Å². The van der Waals surface area contributed by atoms with Crippen molar-refractivity contribution >= 4 is 45.7 Å². The first-order chi connectivity index (χ1) is 19.4. The third-order valence-electron chi connectivity index (χ3n) is 9.04. The maximum atomic E-state index is 13.5. The number of fused-ring (bicyclic) bond motifs is 4. The zero-order valence-electron chi connectivity index (χ0n) is 22.9. The van der Waals surface area contributed by atoms with Gasteiger partial charge in [0, 0.05) is 68.1 Å². The molecule has 1 aromatic carbocycles. The summed E-state index contributed by atoms with van der Waals surface area (Å²) in [6, 6.07) is 4.75. The Kier molecular flexibility index (Phi) is 6.44. The fraction of sp³-hybridized carbons (Fsp3) is 0.517. The van der Waals surface area contributed by atoms with E-state index in [0.29, 0.717) is 40.5 Å². The SMILES string of the molecule is CC(=O)c1c(C)c2cnc(Nc3cc(Cl)c4c(c3)OC[C@@H]3CN(C5CNC5)CCN43)nc2n(C2CCCC2)c1=O. The van der Waals surface area contributed by atoms with Gasteiger partial charge in [-0.15, -0.1) is 0 Å². The van der Waals surface area contributed by atoms with Crippen LogP contribution < -0.4 is 25.8 Å². The number of aromatic nitrogens is 3. The minimum Gasteiger partial charge on any atom is -0.489 e. The number of hydrogen-bond donors (Lipinski definition) is 2. The Balaban J connectivity index is 1.21. The van der Waals surface area contributed by atoms with Crippen LogP contribution in [0.5, 0.6) is 5.75 Å². The van der Waals surface area contributed by atoms with Gasteiger partial charge in [-0.2, -0.15) is 4.98 Å². The summed E-state index contributed by atoms with van der Waals surface area (Å²) in [7, 11) is 0. The van der Waals surface area contributed by atoms with Crippen molar-refractivity contribution in [3.63, 3.8) is 0 Å². The highest BCUT2D eigenvalue weighted by molar-refractivity contribution is 6.34. The highest BCUT2D eigenvalue weighted by Gasteiger charge is 2.38. The van der Waals surface area contributed by atoms with E-state index in [-0.39, 0.29) is 29.0 Å². The first-order valence-electron chi connectivity index (χ1n) is 14.3. The van der Waals surface area contributed by atoms with Gasteiger partial charge in [0.2, 0.25) is 5.95 Å². The summed E-state index contributed by atoms with van der Waals surface area (Å²) < 4.78 is 7.95. The van der Waals surface area contributed by atoms with Crippen LogP contribution in [0.15, 0.2) is 23.1 Å². The van der Waals surface area contributed by atoms with Crippen LogP contribution in [0.2, 0.25) is 5.02 Å². The quantitative estimate of drug-likeness (QED) is 0.450. The van der Waals surface area contributed by atoms with Gasteiger partial charge in [0.15, 0.2) is 5.78 Å². The average molecular weight is 564 g/mol. The smallest absolute Gasteiger partial charge is 0.263 e. The zero-order valence-corrected chi connectivity index (χ0v) is 23.6. The molecule has 2 N–H and O–H groups in total. The van der Waals surface area contributed by atoms with Crippen LogP contribution in [-0.4, -0.2) is 76.6 Å². The van der Waals surface area contributed by atoms with E-state index in [1.807, 2.05) is 12.1 Å². The second-order valence-corrected chi connectivity index (χ2v) is 11.9. The molecule has 0 amide bonds. The van der Waals surface area contributed by atoms with Crippen molar-refractivity contribution in [3.05, 3.63) is 44.8 Å². The number of ether oxygens (including phenoxy) is 1. The molecule has 2 saturated heterocycles. The third kappa shape index (κ3) is 4.24. The average Bonchev–Trinajstić information content (AvgIpc) is 3.41. The number of Topliss-reactive ketones (excluding diaryl/α,β-unsaturated/α-hetero) is 1. The van der Waals surface area contributed by atoms with Crippen LogP contribution in [0.3, 0.4) is 0 Å². The Morgan fingerprint density at radius 2 is 1.95 bits per heavy atom. The molecule has 0 bridgehead atoms. The van der Waals surface area contributed by atoms with E-state index in [0.717, 1.165) is 75.2 Å². The van der Waals surface area contributed by atoms with Gasteiger partial charge < -0.3 is 20.3 Å². The zero-order chi connectivity index (χ0) is 27.5. The predicted octanol–water partition coefficient (Wildman–Crippen LogP) is 3.67. The highest BCUT2D eigenvalue weighted by Crippen LogP contribution is 2.44. The van der Waals surface area contributed by atoms with E-state index in [1.54, 1.807) is 17.7 Å². The molecule has 2 aromatic heterocycles. The van der Waals surface area contributed by atoms with Crippen molar-refractivity contribution < 1.29 is 9.53 Å². The van der Waals surface area contributed by atoms with Gasteiger partial charge in [-0.25, -0.2) is 4.98 Å². The van der Waals surface area contributed by atoms with Gasteiger partial charge in [-0.1, -0.05) is 24.4 Å². The van der Waals surface area contributed by atoms with E-state index in [2.05, 4.69) is 25.4 Å². The van der Waals surface area contributed by atoms with Gasteiger partial charge in [-0.3, -0.25) is 19.1 Å². The number of nitrogens with zero attached hydrogens (tertiary/aromatic N) is 5. The molecule has 1 saturated carbocycles. The molecule has 0 radical (unpaired) electrons. The molecule has 1 aliphatic carbocycles. The van der Waals surface area contributed by atoms with Crippen LogP contribution >= 0.6 is 11.6 Å². The van der Waals surface area contributed by atoms with Crippen LogP contribution in [0.1, 0.15) is 54.6 Å². The summed E-state index contributed by atoms with van der Waals surface area (Å²) in [5, 5.41) is 7.99. The second-order valence-electron chi connectivity index (χ2n) is 11.5. The third-order valence-corrected chi connectivity index (χ3v) is 9.33. The normalized spacial score (nSPS) is 21.6. The molecule has 3 aromatic rings. The maximum absolute atomic E-state index is 13.5. The van der Waals surface area contributed by atoms with Crippen LogP contribution in [-0.2, 0) is 0 Å². The van der Waals surface area contributed by atoms with E-state index in [4.69, 9.17) is 21.3 Å². The lowest BCUT2D eigenvalue weighted by atomic mass is 10.0. The number of benzene rings is 1. The van der Waals surface area contributed by atoms with Crippen molar-refractivity contribution in [2.75, 3.05) is 49.5 Å². The number of carbonyl (C=O) groups is 1. The molecule has 4 aliphatic rings. The minimum atomic E-state index is -0.262. The highest BCUT2D eigenvalue weighted by atomic mass is 35.5. The molecule has 5 heterocycles. The maximum Gasteiger partial charge on any atom is 0.263 e. The van der Waals surface area contributed by atoms with Gasteiger partial charge in [0.05, 0.1) is 22.3 Å². The Labute approximate surface area is 237 Å². The topological polar surface area (TPSA) is 105 Å². The molecule has 40 heavy (non-hydrogen) atoms. The molecule has 0 spiro atoms. The van der Waals surface area contributed by atoms with Crippen LogP contribution in [0, 0.1) is 6.92 Å². The van der Waals surface area contributed by atoms with Crippen LogP contribution in [0.4, 0.5) is 17.3 Å². The van der Waals surface area contributed by atoms with Crippen molar-refractivity contribution in [1.82, 2.24) is 24.8 Å². The van der Waals surface area contributed by atoms with E-state index in [9.17, 15) is 9.59 Å². The minimum absolute atomic E-state index is 0.0250. The van der Waals surface area contributed by atoms with Crippen molar-refractivity contribution in [2.45, 2.75) is 57.7 Å². The second kappa shape index (κ2) is 10.0.